The SMILES string of the molecule is CCOC(=O)COc1ccc([C@H]2NC(=S)NC(C)=C2C(C)=O)cc1OC. The van der Waals surface area contributed by atoms with Crippen LogP contribution in [0, 0.1) is 0 Å². The summed E-state index contributed by atoms with van der Waals surface area (Å²) in [4.78, 5) is 23.5. The summed E-state index contributed by atoms with van der Waals surface area (Å²) in [6, 6.07) is 4.84. The molecule has 0 fully saturated rings. The van der Waals surface area contributed by atoms with Gasteiger partial charge >= 0.3 is 5.97 Å². The second-order valence-electron chi connectivity index (χ2n) is 5.63. The molecular formula is C18H22N2O5S. The van der Waals surface area contributed by atoms with Crippen molar-refractivity contribution < 1.29 is 23.8 Å². The Hall–Kier alpha value is -2.61. The molecule has 1 atom stereocenters. The van der Waals surface area contributed by atoms with Crippen LogP contribution in [-0.2, 0) is 14.3 Å². The lowest BCUT2D eigenvalue weighted by atomic mass is 9.93. The fourth-order valence-corrected chi connectivity index (χ4v) is 3.00. The predicted octanol–water partition coefficient (Wildman–Crippen LogP) is 2.02. The molecule has 26 heavy (non-hydrogen) atoms. The quantitative estimate of drug-likeness (QED) is 0.551. The minimum absolute atomic E-state index is 0.0587. The number of allylic oxidation sites excluding steroid dienone is 1. The van der Waals surface area contributed by atoms with E-state index < -0.39 is 12.0 Å². The van der Waals surface area contributed by atoms with E-state index in [-0.39, 0.29) is 12.4 Å². The highest BCUT2D eigenvalue weighted by Gasteiger charge is 2.28. The van der Waals surface area contributed by atoms with Gasteiger partial charge < -0.3 is 24.8 Å². The number of rotatable bonds is 7. The minimum atomic E-state index is -0.457. The van der Waals surface area contributed by atoms with Crippen molar-refractivity contribution in [3.8, 4) is 11.5 Å². The molecule has 0 radical (unpaired) electrons. The lowest BCUT2D eigenvalue weighted by Gasteiger charge is -2.30. The van der Waals surface area contributed by atoms with Gasteiger partial charge in [0.1, 0.15) is 0 Å². The lowest BCUT2D eigenvalue weighted by Crippen LogP contribution is -2.44. The van der Waals surface area contributed by atoms with Gasteiger partial charge in [0.25, 0.3) is 0 Å². The standard InChI is InChI=1S/C18H22N2O5S/c1-5-24-15(22)9-25-13-7-6-12(8-14(13)23-4)17-16(11(3)21)10(2)19-18(26)20-17/h6-8,17H,5,9H2,1-4H3,(H2,19,20,26)/t17-/m1/s1. The number of hydrogen-bond donors (Lipinski definition) is 2. The van der Waals surface area contributed by atoms with Crippen molar-refractivity contribution in [1.29, 1.82) is 0 Å². The number of ketones is 1. The van der Waals surface area contributed by atoms with Crippen molar-refractivity contribution >= 4 is 29.1 Å². The maximum absolute atomic E-state index is 12.1. The average molecular weight is 378 g/mol. The third-order valence-electron chi connectivity index (χ3n) is 3.82. The van der Waals surface area contributed by atoms with Crippen molar-refractivity contribution in [3.63, 3.8) is 0 Å². The van der Waals surface area contributed by atoms with Crippen LogP contribution in [-0.4, -0.2) is 37.2 Å². The number of ether oxygens (including phenoxy) is 3. The van der Waals surface area contributed by atoms with Gasteiger partial charge in [0.05, 0.1) is 19.8 Å². The van der Waals surface area contributed by atoms with Crippen LogP contribution in [0.4, 0.5) is 0 Å². The fourth-order valence-electron chi connectivity index (χ4n) is 2.73. The number of benzene rings is 1. The molecule has 0 bridgehead atoms. The largest absolute Gasteiger partial charge is 0.493 e. The summed E-state index contributed by atoms with van der Waals surface area (Å²) in [6.07, 6.45) is 0. The van der Waals surface area contributed by atoms with Crippen LogP contribution in [0.1, 0.15) is 32.4 Å². The van der Waals surface area contributed by atoms with Gasteiger partial charge in [-0.15, -0.1) is 0 Å². The molecule has 0 saturated carbocycles. The van der Waals surface area contributed by atoms with E-state index in [0.717, 1.165) is 5.56 Å². The monoisotopic (exact) mass is 378 g/mol. The first kappa shape index (κ1) is 19.7. The molecule has 1 aliphatic heterocycles. The van der Waals surface area contributed by atoms with Crippen LogP contribution in [0.5, 0.6) is 11.5 Å². The van der Waals surface area contributed by atoms with Crippen molar-refractivity contribution in [2.24, 2.45) is 0 Å². The van der Waals surface area contributed by atoms with Gasteiger partial charge in [-0.25, -0.2) is 4.79 Å². The zero-order valence-corrected chi connectivity index (χ0v) is 16.0. The van der Waals surface area contributed by atoms with Gasteiger partial charge in [0, 0.05) is 11.3 Å². The first-order valence-electron chi connectivity index (χ1n) is 8.13. The normalized spacial score (nSPS) is 16.5. The third-order valence-corrected chi connectivity index (χ3v) is 4.04. The van der Waals surface area contributed by atoms with Gasteiger partial charge in [-0.1, -0.05) is 6.07 Å². The van der Waals surface area contributed by atoms with Crippen LogP contribution < -0.4 is 20.1 Å². The molecule has 1 aromatic carbocycles. The zero-order valence-electron chi connectivity index (χ0n) is 15.2. The van der Waals surface area contributed by atoms with Gasteiger partial charge in [-0.05, 0) is 50.7 Å². The highest BCUT2D eigenvalue weighted by molar-refractivity contribution is 7.80. The Morgan fingerprint density at radius 1 is 1.27 bits per heavy atom. The summed E-state index contributed by atoms with van der Waals surface area (Å²) in [5.41, 5.74) is 2.10. The van der Waals surface area contributed by atoms with Crippen LogP contribution in [0.25, 0.3) is 0 Å². The summed E-state index contributed by atoms with van der Waals surface area (Å²) in [5.74, 6) is 0.336. The summed E-state index contributed by atoms with van der Waals surface area (Å²) in [5, 5.41) is 6.51. The average Bonchev–Trinajstić information content (AvgIpc) is 2.58. The Balaban J connectivity index is 2.30. The van der Waals surface area contributed by atoms with E-state index in [9.17, 15) is 9.59 Å². The van der Waals surface area contributed by atoms with E-state index in [4.69, 9.17) is 26.4 Å². The number of thiocarbonyl (C=S) groups is 1. The molecule has 0 amide bonds. The smallest absolute Gasteiger partial charge is 0.344 e. The van der Waals surface area contributed by atoms with Crippen molar-refractivity contribution in [2.45, 2.75) is 26.8 Å². The Morgan fingerprint density at radius 2 is 2.00 bits per heavy atom. The van der Waals surface area contributed by atoms with E-state index >= 15 is 0 Å². The summed E-state index contributed by atoms with van der Waals surface area (Å²) >= 11 is 5.21. The topological polar surface area (TPSA) is 85.9 Å². The number of methoxy groups -OCH3 is 1. The van der Waals surface area contributed by atoms with Gasteiger partial charge in [0.2, 0.25) is 0 Å². The summed E-state index contributed by atoms with van der Waals surface area (Å²) < 4.78 is 15.7. The molecule has 2 rings (SSSR count). The Kier molecular flexibility index (Phi) is 6.57. The zero-order chi connectivity index (χ0) is 19.3. The number of esters is 1. The highest BCUT2D eigenvalue weighted by atomic mass is 32.1. The molecule has 140 valence electrons. The van der Waals surface area contributed by atoms with E-state index in [1.165, 1.54) is 14.0 Å². The second-order valence-corrected chi connectivity index (χ2v) is 6.04. The van der Waals surface area contributed by atoms with Crippen molar-refractivity contribution in [2.75, 3.05) is 20.3 Å². The molecule has 0 unspecified atom stereocenters. The molecule has 0 aliphatic carbocycles. The maximum Gasteiger partial charge on any atom is 0.344 e. The van der Waals surface area contributed by atoms with E-state index in [2.05, 4.69) is 10.6 Å². The number of nitrogens with one attached hydrogen (secondary N) is 2. The predicted molar refractivity (Wildman–Crippen MR) is 100 cm³/mol. The Morgan fingerprint density at radius 3 is 2.62 bits per heavy atom. The second kappa shape index (κ2) is 8.66. The number of Topliss-reactive ketones (excluding diaryl/α,β-unsaturated/α-hetero) is 1. The molecule has 1 aliphatic rings. The highest BCUT2D eigenvalue weighted by Crippen LogP contribution is 2.34. The molecule has 2 N–H and O–H groups in total. The molecule has 8 heteroatoms. The van der Waals surface area contributed by atoms with Crippen molar-refractivity contribution in [3.05, 3.63) is 35.0 Å². The van der Waals surface area contributed by atoms with E-state index in [0.29, 0.717) is 34.5 Å². The van der Waals surface area contributed by atoms with E-state index in [1.807, 2.05) is 6.92 Å². The Bertz CT molecular complexity index is 760. The number of carbonyl (C=O) groups excluding carboxylic acids is 2. The fraction of sp³-hybridized carbons (Fsp3) is 0.389. The maximum atomic E-state index is 12.1. The molecule has 1 aromatic rings. The first-order valence-corrected chi connectivity index (χ1v) is 8.53. The molecular weight excluding hydrogens is 356 g/mol. The number of hydrogen-bond acceptors (Lipinski definition) is 6. The van der Waals surface area contributed by atoms with Crippen molar-refractivity contribution in [1.82, 2.24) is 10.6 Å². The molecule has 0 saturated heterocycles. The van der Waals surface area contributed by atoms with E-state index in [1.54, 1.807) is 25.1 Å². The summed E-state index contributed by atoms with van der Waals surface area (Å²) in [6.45, 7) is 5.13. The summed E-state index contributed by atoms with van der Waals surface area (Å²) in [7, 11) is 1.50. The number of carbonyl (C=O) groups is 2. The molecule has 1 heterocycles. The van der Waals surface area contributed by atoms with Crippen LogP contribution in [0.2, 0.25) is 0 Å². The lowest BCUT2D eigenvalue weighted by molar-refractivity contribution is -0.145. The Labute approximate surface area is 157 Å². The van der Waals surface area contributed by atoms with Crippen LogP contribution in [0.15, 0.2) is 29.5 Å². The van der Waals surface area contributed by atoms with Gasteiger partial charge in [0.15, 0.2) is 29.0 Å². The van der Waals surface area contributed by atoms with Crippen LogP contribution >= 0.6 is 12.2 Å². The van der Waals surface area contributed by atoms with Crippen LogP contribution in [0.3, 0.4) is 0 Å². The molecule has 0 aromatic heterocycles. The molecule has 7 nitrogen and oxygen atoms in total. The third kappa shape index (κ3) is 4.51. The van der Waals surface area contributed by atoms with Gasteiger partial charge in [-0.2, -0.15) is 0 Å². The molecule has 0 spiro atoms. The van der Waals surface area contributed by atoms with Gasteiger partial charge in [-0.3, -0.25) is 4.79 Å². The minimum Gasteiger partial charge on any atom is -0.493 e. The first-order chi connectivity index (χ1) is 12.4.